The summed E-state index contributed by atoms with van der Waals surface area (Å²) in [5, 5.41) is 36.0. The molecule has 0 atom stereocenters. The van der Waals surface area contributed by atoms with Crippen molar-refractivity contribution in [2.75, 3.05) is 19.8 Å². The first kappa shape index (κ1) is 15.6. The maximum atomic E-state index is 9.16. The van der Waals surface area contributed by atoms with Crippen LogP contribution in [0.25, 0.3) is 31.3 Å². The zero-order valence-electron chi connectivity index (χ0n) is 8.90. The van der Waals surface area contributed by atoms with Crippen molar-refractivity contribution < 1.29 is 20.2 Å². The van der Waals surface area contributed by atoms with Crippen molar-refractivity contribution in [2.24, 2.45) is 20.9 Å². The van der Waals surface area contributed by atoms with Gasteiger partial charge in [-0.3, -0.25) is 0 Å². The zero-order valence-corrected chi connectivity index (χ0v) is 8.90. The molecule has 0 amide bonds. The lowest BCUT2D eigenvalue weighted by Gasteiger charge is -2.38. The van der Waals surface area contributed by atoms with E-state index >= 15 is 0 Å². The van der Waals surface area contributed by atoms with Gasteiger partial charge in [0.25, 0.3) is 5.85 Å². The minimum Gasteiger partial charge on any atom is -0.413 e. The summed E-state index contributed by atoms with van der Waals surface area (Å²) < 4.78 is 0. The largest absolute Gasteiger partial charge is 0.413 e. The molecular weight excluding hydrogens is 250 g/mol. The highest BCUT2D eigenvalue weighted by atomic mass is 16.7. The van der Waals surface area contributed by atoms with Crippen LogP contribution in [0.5, 0.6) is 0 Å². The minimum absolute atomic E-state index is 0.973. The maximum Gasteiger partial charge on any atom is 0.286 e. The molecule has 0 aromatic rings. The van der Waals surface area contributed by atoms with E-state index in [0.29, 0.717) is 0 Å². The zero-order chi connectivity index (χ0) is 14.1. The summed E-state index contributed by atoms with van der Waals surface area (Å²) in [6.07, 6.45) is 0. The van der Waals surface area contributed by atoms with Gasteiger partial charge in [0.2, 0.25) is 0 Å². The van der Waals surface area contributed by atoms with E-state index in [1.54, 1.807) is 0 Å². The van der Waals surface area contributed by atoms with E-state index in [0.717, 1.165) is 0 Å². The van der Waals surface area contributed by atoms with Crippen LogP contribution in [0.4, 0.5) is 0 Å². The van der Waals surface area contributed by atoms with Crippen molar-refractivity contribution >= 4 is 0 Å². The molecule has 0 saturated carbocycles. The number of aliphatic hydroxyl groups excluding tert-OH is 3. The van der Waals surface area contributed by atoms with Gasteiger partial charge in [-0.1, -0.05) is 0 Å². The summed E-state index contributed by atoms with van der Waals surface area (Å²) in [5.41, 5.74) is 22.8. The first-order valence-electron chi connectivity index (χ1n) is 4.29. The van der Waals surface area contributed by atoms with Crippen LogP contribution in [0.15, 0.2) is 15.5 Å². The van der Waals surface area contributed by atoms with Crippen molar-refractivity contribution in [3.63, 3.8) is 0 Å². The Labute approximate surface area is 99.1 Å². The Hall–Kier alpha value is -2.39. The summed E-state index contributed by atoms with van der Waals surface area (Å²) in [7, 11) is 0. The third-order valence-electron chi connectivity index (χ3n) is 2.16. The highest BCUT2D eigenvalue weighted by Crippen LogP contribution is 2.37. The van der Waals surface area contributed by atoms with E-state index in [9.17, 15) is 0 Å². The predicted octanol–water partition coefficient (Wildman–Crippen LogP) is 0.466. The van der Waals surface area contributed by atoms with E-state index < -0.39 is 31.1 Å². The molecule has 0 aromatic carbocycles. The van der Waals surface area contributed by atoms with Crippen LogP contribution in [-0.2, 0) is 4.84 Å². The molecule has 0 aliphatic heterocycles. The molecule has 0 spiro atoms. The fraction of sp³-hybridized carbons (Fsp3) is 1.00. The number of nitrogens with zero attached hydrogens (tertiary/aromatic N) is 9. The third kappa shape index (κ3) is 2.64. The number of azide groups is 2. The minimum atomic E-state index is -2.64. The van der Waals surface area contributed by atoms with Gasteiger partial charge >= 0.3 is 0 Å². The quantitative estimate of drug-likeness (QED) is 0.244. The Balaban J connectivity index is 6.01. The van der Waals surface area contributed by atoms with Crippen LogP contribution in [0, 0.1) is 5.41 Å². The van der Waals surface area contributed by atoms with Crippen LogP contribution >= 0.6 is 0 Å². The number of hydrogen-bond acceptors (Lipinski definition) is 7. The Kier molecular flexibility index (Phi) is 6.10. The molecule has 13 nitrogen and oxygen atoms in total. The first-order valence-corrected chi connectivity index (χ1v) is 4.29. The fourth-order valence-corrected chi connectivity index (χ4v) is 1.02. The second kappa shape index (κ2) is 7.04. The summed E-state index contributed by atoms with van der Waals surface area (Å²) in [4.78, 5) is 11.2. The van der Waals surface area contributed by atoms with Crippen molar-refractivity contribution in [1.82, 2.24) is 0 Å². The van der Waals surface area contributed by atoms with Gasteiger partial charge in [0.05, 0.1) is 25.2 Å². The predicted molar refractivity (Wildman–Crippen MR) is 54.9 cm³/mol. The van der Waals surface area contributed by atoms with Crippen molar-refractivity contribution in [2.45, 2.75) is 5.85 Å². The van der Waals surface area contributed by atoms with Gasteiger partial charge in [-0.05, 0) is 26.8 Å². The molecule has 0 aromatic heterocycles. The Morgan fingerprint density at radius 3 is 1.61 bits per heavy atom. The lowest BCUT2D eigenvalue weighted by Crippen LogP contribution is -2.53. The molecule has 0 fully saturated rings. The average Bonchev–Trinajstić information content (AvgIpc) is 2.39. The third-order valence-corrected chi connectivity index (χ3v) is 2.16. The van der Waals surface area contributed by atoms with Crippen LogP contribution < -0.4 is 0 Å². The van der Waals surface area contributed by atoms with Gasteiger partial charge in [-0.15, -0.1) is 0 Å². The van der Waals surface area contributed by atoms with Crippen molar-refractivity contribution in [3.05, 3.63) is 31.3 Å². The normalized spacial score (nSPS) is 13.3. The van der Waals surface area contributed by atoms with Gasteiger partial charge < -0.3 is 20.2 Å². The summed E-state index contributed by atoms with van der Waals surface area (Å²) in [6.45, 7) is -2.92. The molecule has 0 unspecified atom stereocenters. The monoisotopic (exact) mass is 259 g/mol. The molecule has 3 N–H and O–H groups in total. The van der Waals surface area contributed by atoms with Crippen LogP contribution in [0.1, 0.15) is 0 Å². The summed E-state index contributed by atoms with van der Waals surface area (Å²) in [5.74, 6) is -2.64. The van der Waals surface area contributed by atoms with Crippen molar-refractivity contribution in [1.29, 1.82) is 0 Å². The summed E-state index contributed by atoms with van der Waals surface area (Å²) >= 11 is 0. The molecule has 98 valence electrons. The molecule has 0 radical (unpaired) electrons. The molecule has 0 bridgehead atoms. The van der Waals surface area contributed by atoms with Crippen LogP contribution in [0.3, 0.4) is 0 Å². The molecule has 18 heavy (non-hydrogen) atoms. The van der Waals surface area contributed by atoms with Crippen LogP contribution in [0.2, 0.25) is 0 Å². The van der Waals surface area contributed by atoms with Gasteiger partial charge in [-0.2, -0.15) is 0 Å². The fourth-order valence-electron chi connectivity index (χ4n) is 1.02. The second-order valence-corrected chi connectivity index (χ2v) is 3.00. The van der Waals surface area contributed by atoms with E-state index in [-0.39, 0.29) is 0 Å². The van der Waals surface area contributed by atoms with Crippen LogP contribution in [-0.4, -0.2) is 41.0 Å². The topological polar surface area (TPSA) is 216 Å². The molecule has 0 saturated heterocycles. The number of hydrogen-bond donors (Lipinski definition) is 3. The second-order valence-electron chi connectivity index (χ2n) is 3.00. The Morgan fingerprint density at radius 1 is 0.889 bits per heavy atom. The maximum absolute atomic E-state index is 9.16. The van der Waals surface area contributed by atoms with Gasteiger partial charge in [-0.25, -0.2) is 0 Å². The molecular formula is C5H9N9O4. The van der Waals surface area contributed by atoms with E-state index in [1.165, 1.54) is 0 Å². The van der Waals surface area contributed by atoms with Gasteiger partial charge in [0, 0.05) is 14.7 Å². The molecule has 0 aliphatic rings. The number of rotatable bonds is 8. The first-order chi connectivity index (χ1) is 8.61. The SMILES string of the molecule is [N-]=[N+]=NOC(N=[N+]=[N-])(N=[N+]=[N-])C(CO)(CO)CO. The highest BCUT2D eigenvalue weighted by molar-refractivity contribution is 4.97. The Bertz CT molecular complexity index is 388. The highest BCUT2D eigenvalue weighted by Gasteiger charge is 2.53. The van der Waals surface area contributed by atoms with E-state index in [1.807, 2.05) is 0 Å². The van der Waals surface area contributed by atoms with Gasteiger partial charge in [0.1, 0.15) is 5.28 Å². The Morgan fingerprint density at radius 2 is 1.33 bits per heavy atom. The molecule has 0 heterocycles. The molecule has 0 rings (SSSR count). The summed E-state index contributed by atoms with van der Waals surface area (Å²) in [6, 6.07) is 0. The lowest BCUT2D eigenvalue weighted by molar-refractivity contribution is -0.180. The standard InChI is InChI=1S/C5H9N9O4/c6-11-9-5(10-12-7,18-14-13-8)4(1-15,2-16)3-17/h15-17H,1-3H2. The smallest absolute Gasteiger partial charge is 0.286 e. The molecule has 13 heteroatoms. The van der Waals surface area contributed by atoms with E-state index in [4.69, 9.17) is 31.9 Å². The number of aliphatic hydroxyl groups is 3. The van der Waals surface area contributed by atoms with Crippen molar-refractivity contribution in [3.8, 4) is 0 Å². The lowest BCUT2D eigenvalue weighted by atomic mass is 9.85. The van der Waals surface area contributed by atoms with Gasteiger partial charge in [0.15, 0.2) is 0 Å². The average molecular weight is 259 g/mol. The molecule has 0 aliphatic carbocycles. The van der Waals surface area contributed by atoms with E-state index in [2.05, 4.69) is 35.1 Å².